The Hall–Kier alpha value is -0.590. The third-order valence-corrected chi connectivity index (χ3v) is 1.54. The highest BCUT2D eigenvalue weighted by Gasteiger charge is 1.82. The number of unbranched alkanes of at least 4 members (excludes halogenated alkanes) is 4. The van der Waals surface area contributed by atoms with Crippen molar-refractivity contribution in [1.29, 1.82) is 0 Å². The highest BCUT2D eigenvalue weighted by atomic mass is 19.1. The number of allylic oxidation sites excluding steroid dienone is 3. The lowest BCUT2D eigenvalue weighted by Gasteiger charge is -1.92. The molecule has 0 aliphatic rings. The van der Waals surface area contributed by atoms with Gasteiger partial charge >= 0.3 is 0 Å². The fourth-order valence-corrected chi connectivity index (χ4v) is 0.906. The third-order valence-electron chi connectivity index (χ3n) is 1.54. The largest absolute Gasteiger partial charge is 0.216 e. The summed E-state index contributed by atoms with van der Waals surface area (Å²) in [5.74, 6) is 0. The molecule has 0 heterocycles. The molecule has 0 radical (unpaired) electrons. The van der Waals surface area contributed by atoms with Gasteiger partial charge in [-0.3, -0.25) is 0 Å². The van der Waals surface area contributed by atoms with Crippen LogP contribution < -0.4 is 0 Å². The van der Waals surface area contributed by atoms with E-state index in [1.165, 1.54) is 31.8 Å². The Morgan fingerprint density at radius 3 is 2.55 bits per heavy atom. The average Bonchev–Trinajstić information content (AvgIpc) is 2.03. The Morgan fingerprint density at radius 2 is 1.91 bits per heavy atom. The van der Waals surface area contributed by atoms with Gasteiger partial charge in [-0.2, -0.15) is 0 Å². The molecule has 0 aliphatic carbocycles. The predicted molar refractivity (Wildman–Crippen MR) is 48.1 cm³/mol. The molecule has 0 saturated heterocycles. The molecule has 0 fully saturated rings. The van der Waals surface area contributed by atoms with E-state index in [1.54, 1.807) is 6.08 Å². The standard InChI is InChI=1S/C10H17F/c1-2-3-4-5-6-7-8-9-10-11/h7-10H,2-6H2,1H3. The second-order valence-electron chi connectivity index (χ2n) is 2.60. The van der Waals surface area contributed by atoms with Crippen LogP contribution in [0.2, 0.25) is 0 Å². The van der Waals surface area contributed by atoms with Crippen molar-refractivity contribution in [2.75, 3.05) is 0 Å². The third kappa shape index (κ3) is 9.41. The van der Waals surface area contributed by atoms with Crippen molar-refractivity contribution < 1.29 is 4.39 Å². The number of hydrogen-bond acceptors (Lipinski definition) is 0. The van der Waals surface area contributed by atoms with Crippen molar-refractivity contribution in [2.45, 2.75) is 39.0 Å². The van der Waals surface area contributed by atoms with E-state index < -0.39 is 0 Å². The van der Waals surface area contributed by atoms with Gasteiger partial charge in [-0.15, -0.1) is 0 Å². The zero-order chi connectivity index (χ0) is 8.36. The molecule has 0 bridgehead atoms. The molecule has 0 amide bonds. The van der Waals surface area contributed by atoms with Gasteiger partial charge in [-0.25, -0.2) is 4.39 Å². The van der Waals surface area contributed by atoms with Crippen LogP contribution in [0.5, 0.6) is 0 Å². The van der Waals surface area contributed by atoms with Gasteiger partial charge in [0.05, 0.1) is 6.33 Å². The quantitative estimate of drug-likeness (QED) is 0.403. The van der Waals surface area contributed by atoms with Crippen molar-refractivity contribution in [3.63, 3.8) is 0 Å². The molecule has 0 aromatic rings. The predicted octanol–water partition coefficient (Wildman–Crippen LogP) is 4.00. The highest BCUT2D eigenvalue weighted by molar-refractivity contribution is 4.98. The normalized spacial score (nSPS) is 11.8. The molecule has 0 atom stereocenters. The zero-order valence-corrected chi connectivity index (χ0v) is 7.22. The van der Waals surface area contributed by atoms with Crippen molar-refractivity contribution in [3.8, 4) is 0 Å². The lowest BCUT2D eigenvalue weighted by atomic mass is 10.1. The summed E-state index contributed by atoms with van der Waals surface area (Å²) in [5, 5.41) is 0. The van der Waals surface area contributed by atoms with E-state index in [2.05, 4.69) is 6.92 Å². The minimum Gasteiger partial charge on any atom is -0.216 e. The van der Waals surface area contributed by atoms with Gasteiger partial charge in [-0.05, 0) is 18.9 Å². The van der Waals surface area contributed by atoms with Gasteiger partial charge in [0.25, 0.3) is 0 Å². The molecule has 0 nitrogen and oxygen atoms in total. The molecule has 0 saturated carbocycles. The molecule has 11 heavy (non-hydrogen) atoms. The fraction of sp³-hybridized carbons (Fsp3) is 0.600. The molecule has 0 spiro atoms. The summed E-state index contributed by atoms with van der Waals surface area (Å²) in [4.78, 5) is 0. The first-order valence-corrected chi connectivity index (χ1v) is 4.33. The van der Waals surface area contributed by atoms with Crippen molar-refractivity contribution in [3.05, 3.63) is 24.6 Å². The summed E-state index contributed by atoms with van der Waals surface area (Å²) < 4.78 is 11.4. The minimum absolute atomic E-state index is 0.558. The molecule has 0 aliphatic heterocycles. The van der Waals surface area contributed by atoms with Crippen molar-refractivity contribution in [2.24, 2.45) is 0 Å². The molecule has 0 aromatic heterocycles. The lowest BCUT2D eigenvalue weighted by Crippen LogP contribution is -1.72. The first kappa shape index (κ1) is 10.4. The van der Waals surface area contributed by atoms with Crippen LogP contribution in [-0.2, 0) is 0 Å². The lowest BCUT2D eigenvalue weighted by molar-refractivity contribution is 0.674. The summed E-state index contributed by atoms with van der Waals surface area (Å²) in [6.07, 6.45) is 11.9. The van der Waals surface area contributed by atoms with Crippen LogP contribution in [0.1, 0.15) is 39.0 Å². The van der Waals surface area contributed by atoms with E-state index in [-0.39, 0.29) is 0 Å². The first-order chi connectivity index (χ1) is 5.41. The van der Waals surface area contributed by atoms with Crippen LogP contribution in [0.15, 0.2) is 24.6 Å². The van der Waals surface area contributed by atoms with Gasteiger partial charge in [0.15, 0.2) is 0 Å². The monoisotopic (exact) mass is 156 g/mol. The van der Waals surface area contributed by atoms with Crippen LogP contribution in [0.4, 0.5) is 4.39 Å². The van der Waals surface area contributed by atoms with Gasteiger partial charge in [-0.1, -0.05) is 38.3 Å². The summed E-state index contributed by atoms with van der Waals surface area (Å²) in [7, 11) is 0. The maximum absolute atomic E-state index is 11.4. The van der Waals surface area contributed by atoms with Crippen LogP contribution in [0.3, 0.4) is 0 Å². The van der Waals surface area contributed by atoms with Crippen molar-refractivity contribution >= 4 is 0 Å². The van der Waals surface area contributed by atoms with Crippen LogP contribution in [0, 0.1) is 0 Å². The van der Waals surface area contributed by atoms with Crippen LogP contribution in [-0.4, -0.2) is 0 Å². The number of halogens is 1. The Balaban J connectivity index is 3.01. The minimum atomic E-state index is 0.558. The average molecular weight is 156 g/mol. The topological polar surface area (TPSA) is 0 Å². The Morgan fingerprint density at radius 1 is 1.09 bits per heavy atom. The molecule has 64 valence electrons. The summed E-state index contributed by atoms with van der Waals surface area (Å²) in [6.45, 7) is 2.20. The number of hydrogen-bond donors (Lipinski definition) is 0. The van der Waals surface area contributed by atoms with E-state index in [4.69, 9.17) is 0 Å². The zero-order valence-electron chi connectivity index (χ0n) is 7.22. The van der Waals surface area contributed by atoms with E-state index in [0.717, 1.165) is 6.42 Å². The first-order valence-electron chi connectivity index (χ1n) is 4.33. The van der Waals surface area contributed by atoms with E-state index in [0.29, 0.717) is 6.33 Å². The Labute approximate surface area is 68.8 Å². The van der Waals surface area contributed by atoms with Gasteiger partial charge < -0.3 is 0 Å². The summed E-state index contributed by atoms with van der Waals surface area (Å²) >= 11 is 0. The highest BCUT2D eigenvalue weighted by Crippen LogP contribution is 2.02. The van der Waals surface area contributed by atoms with E-state index >= 15 is 0 Å². The van der Waals surface area contributed by atoms with Crippen molar-refractivity contribution in [1.82, 2.24) is 0 Å². The number of rotatable bonds is 6. The second kappa shape index (κ2) is 9.41. The second-order valence-corrected chi connectivity index (χ2v) is 2.60. The van der Waals surface area contributed by atoms with Gasteiger partial charge in [0, 0.05) is 0 Å². The smallest absolute Gasteiger partial charge is 0.0866 e. The Kier molecular flexibility index (Phi) is 8.91. The summed E-state index contributed by atoms with van der Waals surface area (Å²) in [6, 6.07) is 0. The van der Waals surface area contributed by atoms with E-state index in [1.807, 2.05) is 6.08 Å². The van der Waals surface area contributed by atoms with E-state index in [9.17, 15) is 4.39 Å². The molecule has 0 N–H and O–H groups in total. The fourth-order valence-electron chi connectivity index (χ4n) is 0.906. The van der Waals surface area contributed by atoms with Gasteiger partial charge in [0.2, 0.25) is 0 Å². The SMILES string of the molecule is CCCCCCC=CC=CF. The Bertz CT molecular complexity index is 114. The molecular formula is C10H17F. The van der Waals surface area contributed by atoms with Gasteiger partial charge in [0.1, 0.15) is 0 Å². The maximum atomic E-state index is 11.4. The maximum Gasteiger partial charge on any atom is 0.0866 e. The molecule has 1 heteroatoms. The molecule has 0 aromatic carbocycles. The van der Waals surface area contributed by atoms with Crippen LogP contribution >= 0.6 is 0 Å². The molecule has 0 unspecified atom stereocenters. The summed E-state index contributed by atoms with van der Waals surface area (Å²) in [5.41, 5.74) is 0. The molecular weight excluding hydrogens is 139 g/mol. The molecule has 0 rings (SSSR count). The van der Waals surface area contributed by atoms with Crippen LogP contribution in [0.25, 0.3) is 0 Å².